The molecule has 1 saturated heterocycles. The van der Waals surface area contributed by atoms with Crippen molar-refractivity contribution in [1.82, 2.24) is 19.6 Å². The molecule has 1 N–H and O–H groups in total. The van der Waals surface area contributed by atoms with Gasteiger partial charge in [0.15, 0.2) is 4.96 Å². The monoisotopic (exact) mass is 250 g/mol. The van der Waals surface area contributed by atoms with Gasteiger partial charge in [-0.15, -0.1) is 11.3 Å². The fraction of sp³-hybridized carbons (Fsp3) is 0.583. The number of thiazole rings is 1. The van der Waals surface area contributed by atoms with Crippen LogP contribution >= 0.6 is 11.3 Å². The third kappa shape index (κ3) is 2.51. The molecule has 3 heterocycles. The van der Waals surface area contributed by atoms with Crippen molar-refractivity contribution in [2.45, 2.75) is 25.4 Å². The average Bonchev–Trinajstić information content (AvgIpc) is 2.92. The predicted octanol–water partition coefficient (Wildman–Crippen LogP) is 1.58. The Kier molecular flexibility index (Phi) is 3.13. The van der Waals surface area contributed by atoms with Gasteiger partial charge < -0.3 is 5.32 Å². The smallest absolute Gasteiger partial charge is 0.193 e. The predicted molar refractivity (Wildman–Crippen MR) is 70.4 cm³/mol. The van der Waals surface area contributed by atoms with Crippen LogP contribution in [0, 0.1) is 0 Å². The molecule has 3 rings (SSSR count). The van der Waals surface area contributed by atoms with Crippen molar-refractivity contribution < 1.29 is 0 Å². The molecule has 0 radical (unpaired) electrons. The molecule has 0 aromatic carbocycles. The largest absolute Gasteiger partial charge is 0.313 e. The molecule has 1 atom stereocenters. The number of rotatable bonds is 4. The zero-order chi connectivity index (χ0) is 11.7. The third-order valence-corrected chi connectivity index (χ3v) is 4.04. The molecule has 1 aliphatic heterocycles. The van der Waals surface area contributed by atoms with Gasteiger partial charge in [0.25, 0.3) is 0 Å². The van der Waals surface area contributed by atoms with E-state index in [9.17, 15) is 0 Å². The topological polar surface area (TPSA) is 32.6 Å². The highest BCUT2D eigenvalue weighted by atomic mass is 32.1. The molecule has 0 spiro atoms. The summed E-state index contributed by atoms with van der Waals surface area (Å²) < 4.78 is 2.10. The van der Waals surface area contributed by atoms with Crippen molar-refractivity contribution in [2.75, 3.05) is 20.1 Å². The molecular weight excluding hydrogens is 232 g/mol. The molecule has 0 bridgehead atoms. The van der Waals surface area contributed by atoms with Gasteiger partial charge in [0.1, 0.15) is 0 Å². The molecule has 5 heteroatoms. The highest BCUT2D eigenvalue weighted by Crippen LogP contribution is 2.13. The Balaban J connectivity index is 1.60. The van der Waals surface area contributed by atoms with Crippen LogP contribution in [0.15, 0.2) is 17.8 Å². The Morgan fingerprint density at radius 1 is 1.65 bits per heavy atom. The zero-order valence-corrected chi connectivity index (χ0v) is 10.9. The molecule has 2 aromatic rings. The van der Waals surface area contributed by atoms with Crippen LogP contribution in [0.3, 0.4) is 0 Å². The van der Waals surface area contributed by atoms with Gasteiger partial charge in [-0.3, -0.25) is 9.30 Å². The van der Waals surface area contributed by atoms with Crippen molar-refractivity contribution in [3.63, 3.8) is 0 Å². The summed E-state index contributed by atoms with van der Waals surface area (Å²) >= 11 is 1.69. The summed E-state index contributed by atoms with van der Waals surface area (Å²) in [6, 6.07) is 0.670. The maximum atomic E-state index is 4.61. The number of aromatic nitrogens is 2. The van der Waals surface area contributed by atoms with Crippen molar-refractivity contribution in [3.8, 4) is 0 Å². The molecule has 0 saturated carbocycles. The minimum absolute atomic E-state index is 0.670. The van der Waals surface area contributed by atoms with Crippen LogP contribution in [0.5, 0.6) is 0 Å². The lowest BCUT2D eigenvalue weighted by Gasteiger charge is -2.19. The Bertz CT molecular complexity index is 455. The first-order chi connectivity index (χ1) is 8.31. The molecule has 2 aromatic heterocycles. The Morgan fingerprint density at radius 2 is 2.59 bits per heavy atom. The molecular formula is C12H18N4S. The minimum Gasteiger partial charge on any atom is -0.313 e. The van der Waals surface area contributed by atoms with Crippen molar-refractivity contribution >= 4 is 16.3 Å². The highest BCUT2D eigenvalue weighted by Gasteiger charge is 2.16. The van der Waals surface area contributed by atoms with Crippen molar-refractivity contribution in [2.24, 2.45) is 0 Å². The van der Waals surface area contributed by atoms with Crippen LogP contribution in [-0.4, -0.2) is 40.5 Å². The number of fused-ring (bicyclic) bond motifs is 1. The molecule has 4 nitrogen and oxygen atoms in total. The van der Waals surface area contributed by atoms with E-state index in [-0.39, 0.29) is 0 Å². The lowest BCUT2D eigenvalue weighted by molar-refractivity contribution is 0.290. The van der Waals surface area contributed by atoms with Gasteiger partial charge in [0.05, 0.1) is 5.69 Å². The Morgan fingerprint density at radius 3 is 3.35 bits per heavy atom. The van der Waals surface area contributed by atoms with Gasteiger partial charge in [-0.2, -0.15) is 0 Å². The van der Waals surface area contributed by atoms with E-state index < -0.39 is 0 Å². The molecule has 1 aliphatic rings. The number of hydrogen-bond acceptors (Lipinski definition) is 4. The van der Waals surface area contributed by atoms with Crippen molar-refractivity contribution in [1.29, 1.82) is 0 Å². The van der Waals surface area contributed by atoms with Gasteiger partial charge in [-0.1, -0.05) is 0 Å². The van der Waals surface area contributed by atoms with E-state index in [4.69, 9.17) is 0 Å². The van der Waals surface area contributed by atoms with E-state index in [2.05, 4.69) is 44.4 Å². The van der Waals surface area contributed by atoms with E-state index in [0.29, 0.717) is 6.04 Å². The van der Waals surface area contributed by atoms with E-state index in [1.807, 2.05) is 0 Å². The highest BCUT2D eigenvalue weighted by molar-refractivity contribution is 7.15. The summed E-state index contributed by atoms with van der Waals surface area (Å²) in [5.74, 6) is 0. The third-order valence-electron chi connectivity index (χ3n) is 3.27. The van der Waals surface area contributed by atoms with Gasteiger partial charge in [-0.25, -0.2) is 4.98 Å². The Hall–Kier alpha value is -0.910. The van der Waals surface area contributed by atoms with Gasteiger partial charge >= 0.3 is 0 Å². The number of nitrogens with one attached hydrogen (secondary N) is 1. The number of hydrogen-bond donors (Lipinski definition) is 1. The SMILES string of the molecule is CN(Cc1cn2ccsc2n1)CC1CCCN1. The summed E-state index contributed by atoms with van der Waals surface area (Å²) in [5.41, 5.74) is 1.16. The van der Waals surface area contributed by atoms with Crippen LogP contribution in [0.2, 0.25) is 0 Å². The standard InChI is InChI=1S/C12H18N4S/c1-15(7-10-3-2-4-13-10)8-11-9-16-5-6-17-12(16)14-11/h5-6,9-10,13H,2-4,7-8H2,1H3. The summed E-state index contributed by atoms with van der Waals surface area (Å²) in [7, 11) is 2.17. The number of imidazole rings is 1. The van der Waals surface area contributed by atoms with Gasteiger partial charge in [-0.05, 0) is 26.4 Å². The van der Waals surface area contributed by atoms with E-state index >= 15 is 0 Å². The second-order valence-corrected chi connectivity index (χ2v) is 5.69. The summed E-state index contributed by atoms with van der Waals surface area (Å²) in [4.78, 5) is 8.05. The minimum atomic E-state index is 0.670. The maximum Gasteiger partial charge on any atom is 0.193 e. The van der Waals surface area contributed by atoms with E-state index in [1.165, 1.54) is 19.4 Å². The van der Waals surface area contributed by atoms with Gasteiger partial charge in [0.2, 0.25) is 0 Å². The molecule has 17 heavy (non-hydrogen) atoms. The van der Waals surface area contributed by atoms with Crippen LogP contribution < -0.4 is 5.32 Å². The fourth-order valence-electron chi connectivity index (χ4n) is 2.48. The second kappa shape index (κ2) is 4.76. The first kappa shape index (κ1) is 11.2. The molecule has 92 valence electrons. The summed E-state index contributed by atoms with van der Waals surface area (Å²) in [5, 5.41) is 5.60. The number of nitrogens with zero attached hydrogens (tertiary/aromatic N) is 3. The van der Waals surface area contributed by atoms with Crippen LogP contribution in [-0.2, 0) is 6.54 Å². The van der Waals surface area contributed by atoms with Gasteiger partial charge in [0, 0.05) is 36.9 Å². The first-order valence-electron chi connectivity index (χ1n) is 6.14. The lowest BCUT2D eigenvalue weighted by atomic mass is 10.2. The molecule has 1 unspecified atom stereocenters. The first-order valence-corrected chi connectivity index (χ1v) is 7.02. The van der Waals surface area contributed by atoms with E-state index in [0.717, 1.165) is 23.7 Å². The summed E-state index contributed by atoms with van der Waals surface area (Å²) in [6.07, 6.45) is 6.82. The average molecular weight is 250 g/mol. The normalized spacial score (nSPS) is 20.7. The molecule has 0 aliphatic carbocycles. The fourth-order valence-corrected chi connectivity index (χ4v) is 3.20. The van der Waals surface area contributed by atoms with Crippen LogP contribution in [0.1, 0.15) is 18.5 Å². The quantitative estimate of drug-likeness (QED) is 0.894. The Labute approximate surface area is 105 Å². The van der Waals surface area contributed by atoms with E-state index in [1.54, 1.807) is 11.3 Å². The molecule has 0 amide bonds. The zero-order valence-electron chi connectivity index (χ0n) is 10.1. The summed E-state index contributed by atoms with van der Waals surface area (Å²) in [6.45, 7) is 3.23. The second-order valence-electron chi connectivity index (χ2n) is 4.82. The van der Waals surface area contributed by atoms with Crippen LogP contribution in [0.4, 0.5) is 0 Å². The van der Waals surface area contributed by atoms with Crippen LogP contribution in [0.25, 0.3) is 4.96 Å². The lowest BCUT2D eigenvalue weighted by Crippen LogP contribution is -2.35. The number of likely N-dealkylation sites (N-methyl/N-ethyl adjacent to an activating group) is 1. The van der Waals surface area contributed by atoms with Crippen molar-refractivity contribution in [3.05, 3.63) is 23.5 Å². The molecule has 1 fully saturated rings. The maximum absolute atomic E-state index is 4.61.